The lowest BCUT2D eigenvalue weighted by Gasteiger charge is -2.03. The molecule has 2 heterocycles. The van der Waals surface area contributed by atoms with Gasteiger partial charge in [-0.25, -0.2) is 4.79 Å². The van der Waals surface area contributed by atoms with E-state index in [0.717, 1.165) is 10.4 Å². The van der Waals surface area contributed by atoms with Crippen molar-refractivity contribution in [3.8, 4) is 0 Å². The number of aryl methyl sites for hydroxylation is 2. The van der Waals surface area contributed by atoms with E-state index in [-0.39, 0.29) is 11.5 Å². The van der Waals surface area contributed by atoms with Gasteiger partial charge in [0.1, 0.15) is 9.88 Å². The standard InChI is InChI=1S/C13H12ClNO3S2/c1-5-4-19-10(9(5)14)11(16)15-12-8(13(17)18)6(2)7(3)20-12/h4H,1-3H3,(H,15,16)(H,17,18). The molecule has 4 nitrogen and oxygen atoms in total. The number of hydrogen-bond donors (Lipinski definition) is 2. The molecule has 20 heavy (non-hydrogen) atoms. The van der Waals surface area contributed by atoms with Crippen LogP contribution in [0.25, 0.3) is 0 Å². The summed E-state index contributed by atoms with van der Waals surface area (Å²) in [4.78, 5) is 24.7. The van der Waals surface area contributed by atoms with Crippen LogP contribution >= 0.6 is 34.3 Å². The summed E-state index contributed by atoms with van der Waals surface area (Å²) in [5.74, 6) is -1.42. The van der Waals surface area contributed by atoms with Gasteiger partial charge in [-0.05, 0) is 37.3 Å². The molecule has 0 aliphatic rings. The number of thiophene rings is 2. The van der Waals surface area contributed by atoms with Crippen LogP contribution in [-0.2, 0) is 0 Å². The average molecular weight is 330 g/mol. The van der Waals surface area contributed by atoms with Crippen molar-refractivity contribution in [2.45, 2.75) is 20.8 Å². The summed E-state index contributed by atoms with van der Waals surface area (Å²) in [7, 11) is 0. The van der Waals surface area contributed by atoms with Gasteiger partial charge in [-0.2, -0.15) is 0 Å². The van der Waals surface area contributed by atoms with E-state index in [4.69, 9.17) is 11.6 Å². The topological polar surface area (TPSA) is 66.4 Å². The van der Waals surface area contributed by atoms with Gasteiger partial charge in [0.05, 0.1) is 10.6 Å². The molecule has 0 unspecified atom stereocenters. The quantitative estimate of drug-likeness (QED) is 0.880. The molecule has 0 aliphatic carbocycles. The van der Waals surface area contributed by atoms with E-state index >= 15 is 0 Å². The van der Waals surface area contributed by atoms with Gasteiger partial charge < -0.3 is 10.4 Å². The Hall–Kier alpha value is -1.37. The number of rotatable bonds is 3. The normalized spacial score (nSPS) is 10.6. The first-order valence-corrected chi connectivity index (χ1v) is 7.78. The second kappa shape index (κ2) is 5.55. The zero-order valence-corrected chi connectivity index (χ0v) is 13.4. The minimum absolute atomic E-state index is 0.144. The molecule has 2 aromatic rings. The molecular weight excluding hydrogens is 318 g/mol. The molecule has 0 aliphatic heterocycles. The number of carbonyl (C=O) groups excluding carboxylic acids is 1. The number of hydrogen-bond acceptors (Lipinski definition) is 4. The van der Waals surface area contributed by atoms with Crippen molar-refractivity contribution in [1.82, 2.24) is 0 Å². The minimum atomic E-state index is -1.05. The van der Waals surface area contributed by atoms with Crippen molar-refractivity contribution < 1.29 is 14.7 Å². The number of carbonyl (C=O) groups is 2. The molecule has 0 aromatic carbocycles. The molecule has 0 radical (unpaired) electrons. The van der Waals surface area contributed by atoms with Gasteiger partial charge in [-0.15, -0.1) is 22.7 Å². The van der Waals surface area contributed by atoms with E-state index in [9.17, 15) is 14.7 Å². The average Bonchev–Trinajstić information content (AvgIpc) is 2.82. The predicted octanol–water partition coefficient (Wildman–Crippen LogP) is 4.34. The maximum absolute atomic E-state index is 12.2. The van der Waals surface area contributed by atoms with Crippen LogP contribution in [0.2, 0.25) is 5.02 Å². The zero-order chi connectivity index (χ0) is 15.0. The fourth-order valence-electron chi connectivity index (χ4n) is 1.72. The van der Waals surface area contributed by atoms with E-state index in [1.165, 1.54) is 22.7 Å². The highest BCUT2D eigenvalue weighted by molar-refractivity contribution is 7.17. The van der Waals surface area contributed by atoms with Gasteiger partial charge in [0, 0.05) is 4.88 Å². The van der Waals surface area contributed by atoms with E-state index in [0.29, 0.717) is 20.5 Å². The van der Waals surface area contributed by atoms with Gasteiger partial charge in [0.25, 0.3) is 5.91 Å². The zero-order valence-electron chi connectivity index (χ0n) is 11.0. The van der Waals surface area contributed by atoms with Crippen LogP contribution in [0, 0.1) is 20.8 Å². The second-order valence-electron chi connectivity index (χ2n) is 4.31. The first kappa shape index (κ1) is 15.0. The Morgan fingerprint density at radius 2 is 1.95 bits per heavy atom. The summed E-state index contributed by atoms with van der Waals surface area (Å²) in [6, 6.07) is 0. The molecule has 0 atom stereocenters. The lowest BCUT2D eigenvalue weighted by Crippen LogP contribution is -2.12. The van der Waals surface area contributed by atoms with E-state index in [1.807, 2.05) is 13.8 Å². The predicted molar refractivity (Wildman–Crippen MR) is 82.8 cm³/mol. The molecule has 2 rings (SSSR count). The number of amides is 1. The monoisotopic (exact) mass is 329 g/mol. The largest absolute Gasteiger partial charge is 0.478 e. The molecular formula is C13H12ClNO3S2. The van der Waals surface area contributed by atoms with Crippen molar-refractivity contribution in [2.75, 3.05) is 5.32 Å². The molecule has 0 spiro atoms. The van der Waals surface area contributed by atoms with Gasteiger partial charge >= 0.3 is 5.97 Å². The highest BCUT2D eigenvalue weighted by Gasteiger charge is 2.22. The Balaban J connectivity index is 2.36. The number of carboxylic acid groups (broad SMARTS) is 1. The summed E-state index contributed by atoms with van der Waals surface area (Å²) in [6.45, 7) is 5.37. The maximum Gasteiger partial charge on any atom is 0.338 e. The first-order chi connectivity index (χ1) is 9.32. The molecule has 106 valence electrons. The van der Waals surface area contributed by atoms with Crippen LogP contribution in [-0.4, -0.2) is 17.0 Å². The molecule has 0 bridgehead atoms. The van der Waals surface area contributed by atoms with Crippen molar-refractivity contribution >= 4 is 51.2 Å². The number of anilines is 1. The van der Waals surface area contributed by atoms with Crippen molar-refractivity contribution in [1.29, 1.82) is 0 Å². The molecule has 0 saturated carbocycles. The minimum Gasteiger partial charge on any atom is -0.478 e. The van der Waals surface area contributed by atoms with Crippen LogP contribution in [0.4, 0.5) is 5.00 Å². The number of nitrogens with one attached hydrogen (secondary N) is 1. The van der Waals surface area contributed by atoms with Gasteiger partial charge in [-0.1, -0.05) is 11.6 Å². The van der Waals surface area contributed by atoms with Gasteiger partial charge in [0.2, 0.25) is 0 Å². The summed E-state index contributed by atoms with van der Waals surface area (Å²) in [5.41, 5.74) is 1.65. The highest BCUT2D eigenvalue weighted by atomic mass is 35.5. The summed E-state index contributed by atoms with van der Waals surface area (Å²) >= 11 is 8.54. The molecule has 0 saturated heterocycles. The fraction of sp³-hybridized carbons (Fsp3) is 0.231. The Kier molecular flexibility index (Phi) is 4.17. The second-order valence-corrected chi connectivity index (χ2v) is 6.79. The van der Waals surface area contributed by atoms with Gasteiger partial charge in [-0.3, -0.25) is 4.79 Å². The van der Waals surface area contributed by atoms with Crippen molar-refractivity contribution in [2.24, 2.45) is 0 Å². The number of halogens is 1. The molecule has 0 fully saturated rings. The highest BCUT2D eigenvalue weighted by Crippen LogP contribution is 2.34. The summed E-state index contributed by atoms with van der Waals surface area (Å²) in [6.07, 6.45) is 0. The maximum atomic E-state index is 12.2. The molecule has 2 aromatic heterocycles. The smallest absolute Gasteiger partial charge is 0.338 e. The Labute approximate surface area is 129 Å². The first-order valence-electron chi connectivity index (χ1n) is 5.71. The summed E-state index contributed by atoms with van der Waals surface area (Å²) in [5, 5.41) is 14.4. The Morgan fingerprint density at radius 3 is 2.45 bits per heavy atom. The third kappa shape index (κ3) is 2.59. The Bertz CT molecular complexity index is 703. The van der Waals surface area contributed by atoms with Crippen LogP contribution in [0.3, 0.4) is 0 Å². The fourth-order valence-corrected chi connectivity index (χ4v) is 3.94. The summed E-state index contributed by atoms with van der Waals surface area (Å²) < 4.78 is 0. The van der Waals surface area contributed by atoms with Crippen LogP contribution in [0.5, 0.6) is 0 Å². The van der Waals surface area contributed by atoms with E-state index in [2.05, 4.69) is 5.32 Å². The van der Waals surface area contributed by atoms with Crippen LogP contribution in [0.15, 0.2) is 5.38 Å². The molecule has 2 N–H and O–H groups in total. The van der Waals surface area contributed by atoms with Crippen molar-refractivity contribution in [3.63, 3.8) is 0 Å². The number of carboxylic acids is 1. The van der Waals surface area contributed by atoms with Crippen LogP contribution < -0.4 is 5.32 Å². The third-order valence-electron chi connectivity index (χ3n) is 2.93. The molecule has 1 amide bonds. The Morgan fingerprint density at radius 1 is 1.30 bits per heavy atom. The SMILES string of the molecule is Cc1csc(C(=O)Nc2sc(C)c(C)c2C(=O)O)c1Cl. The van der Waals surface area contributed by atoms with Crippen molar-refractivity contribution in [3.05, 3.63) is 36.8 Å². The lowest BCUT2D eigenvalue weighted by molar-refractivity contribution is 0.0697. The van der Waals surface area contributed by atoms with Gasteiger partial charge in [0.15, 0.2) is 0 Å². The van der Waals surface area contributed by atoms with E-state index in [1.54, 1.807) is 12.3 Å². The van der Waals surface area contributed by atoms with E-state index < -0.39 is 5.97 Å². The van der Waals surface area contributed by atoms with Crippen LogP contribution in [0.1, 0.15) is 36.0 Å². The third-order valence-corrected chi connectivity index (χ3v) is 5.75. The molecule has 7 heteroatoms. The lowest BCUT2D eigenvalue weighted by atomic mass is 10.1. The number of aromatic carboxylic acids is 1.